The summed E-state index contributed by atoms with van der Waals surface area (Å²) in [4.78, 5) is 14.0. The minimum absolute atomic E-state index is 0.0120. The number of nitrogens with two attached hydrogens (primary N) is 1. The van der Waals surface area contributed by atoms with Crippen molar-refractivity contribution in [1.29, 1.82) is 0 Å². The van der Waals surface area contributed by atoms with Crippen molar-refractivity contribution in [2.75, 3.05) is 26.3 Å². The molecule has 0 saturated carbocycles. The summed E-state index contributed by atoms with van der Waals surface area (Å²) in [6.45, 7) is 6.25. The Balaban J connectivity index is 1.89. The first kappa shape index (κ1) is 15.8. The number of carbonyl (C=O) groups excluding carboxylic acids is 1. The molecule has 5 heteroatoms. The summed E-state index contributed by atoms with van der Waals surface area (Å²) >= 11 is 0. The zero-order valence-electron chi connectivity index (χ0n) is 12.7. The lowest BCUT2D eigenvalue weighted by atomic mass is 10.1. The van der Waals surface area contributed by atoms with Gasteiger partial charge in [0, 0.05) is 19.1 Å². The Morgan fingerprint density at radius 2 is 1.90 bits per heavy atom. The van der Waals surface area contributed by atoms with Gasteiger partial charge in [-0.2, -0.15) is 0 Å². The molecule has 0 aromatic heterocycles. The maximum atomic E-state index is 12.2. The standard InChI is InChI=1S/C16H24N2O3/c1-12(17)11-14-3-5-15(6-4-14)21-13(2)16(19)18-7-9-20-10-8-18/h3-6,12-13H,7-11,17H2,1-2H3. The topological polar surface area (TPSA) is 64.8 Å². The van der Waals surface area contributed by atoms with E-state index in [1.165, 1.54) is 5.56 Å². The van der Waals surface area contributed by atoms with E-state index < -0.39 is 6.10 Å². The van der Waals surface area contributed by atoms with Gasteiger partial charge < -0.3 is 20.1 Å². The third-order valence-electron chi connectivity index (χ3n) is 3.46. The predicted molar refractivity (Wildman–Crippen MR) is 81.3 cm³/mol. The smallest absolute Gasteiger partial charge is 0.263 e. The average molecular weight is 292 g/mol. The van der Waals surface area contributed by atoms with Crippen LogP contribution >= 0.6 is 0 Å². The van der Waals surface area contributed by atoms with Crippen LogP contribution in [-0.2, 0) is 16.0 Å². The van der Waals surface area contributed by atoms with Gasteiger partial charge in [0.1, 0.15) is 5.75 Å². The van der Waals surface area contributed by atoms with E-state index in [0.29, 0.717) is 32.1 Å². The molecule has 2 unspecified atom stereocenters. The Morgan fingerprint density at radius 3 is 2.48 bits per heavy atom. The minimum Gasteiger partial charge on any atom is -0.481 e. The first-order valence-electron chi connectivity index (χ1n) is 7.44. The molecule has 1 heterocycles. The van der Waals surface area contributed by atoms with E-state index in [1.54, 1.807) is 11.8 Å². The molecule has 1 fully saturated rings. The lowest BCUT2D eigenvalue weighted by Gasteiger charge is -2.29. The highest BCUT2D eigenvalue weighted by molar-refractivity contribution is 5.81. The van der Waals surface area contributed by atoms with Crippen LogP contribution < -0.4 is 10.5 Å². The Bertz CT molecular complexity index is 453. The van der Waals surface area contributed by atoms with Crippen molar-refractivity contribution in [3.05, 3.63) is 29.8 Å². The van der Waals surface area contributed by atoms with Crippen molar-refractivity contribution in [2.45, 2.75) is 32.4 Å². The number of hydrogen-bond donors (Lipinski definition) is 1. The first-order valence-corrected chi connectivity index (χ1v) is 7.44. The van der Waals surface area contributed by atoms with Crippen molar-refractivity contribution >= 4 is 5.91 Å². The van der Waals surface area contributed by atoms with E-state index in [2.05, 4.69) is 0 Å². The number of nitrogens with zero attached hydrogens (tertiary/aromatic N) is 1. The van der Waals surface area contributed by atoms with Crippen molar-refractivity contribution < 1.29 is 14.3 Å². The van der Waals surface area contributed by atoms with Gasteiger partial charge in [0.15, 0.2) is 6.10 Å². The highest BCUT2D eigenvalue weighted by Crippen LogP contribution is 2.16. The largest absolute Gasteiger partial charge is 0.481 e. The zero-order chi connectivity index (χ0) is 15.2. The van der Waals surface area contributed by atoms with E-state index in [4.69, 9.17) is 15.2 Å². The number of rotatable bonds is 5. The molecule has 2 rings (SSSR count). The van der Waals surface area contributed by atoms with E-state index in [-0.39, 0.29) is 11.9 Å². The second-order valence-electron chi connectivity index (χ2n) is 5.52. The zero-order valence-corrected chi connectivity index (χ0v) is 12.7. The van der Waals surface area contributed by atoms with E-state index in [9.17, 15) is 4.79 Å². The molecular weight excluding hydrogens is 268 g/mol. The molecule has 1 aromatic rings. The summed E-state index contributed by atoms with van der Waals surface area (Å²) in [5, 5.41) is 0. The van der Waals surface area contributed by atoms with Crippen molar-refractivity contribution in [1.82, 2.24) is 4.90 Å². The van der Waals surface area contributed by atoms with Gasteiger partial charge in [-0.3, -0.25) is 4.79 Å². The molecule has 0 radical (unpaired) electrons. The lowest BCUT2D eigenvalue weighted by Crippen LogP contribution is -2.46. The Kier molecular flexibility index (Phi) is 5.59. The van der Waals surface area contributed by atoms with Crippen LogP contribution in [0.15, 0.2) is 24.3 Å². The molecule has 116 valence electrons. The van der Waals surface area contributed by atoms with Gasteiger partial charge in [-0.05, 0) is 38.0 Å². The molecule has 0 bridgehead atoms. The molecule has 1 saturated heterocycles. The number of amides is 1. The molecule has 0 aliphatic carbocycles. The van der Waals surface area contributed by atoms with Crippen LogP contribution in [0, 0.1) is 0 Å². The number of benzene rings is 1. The van der Waals surface area contributed by atoms with Crippen LogP contribution in [0.3, 0.4) is 0 Å². The minimum atomic E-state index is -0.484. The first-order chi connectivity index (χ1) is 10.1. The molecule has 21 heavy (non-hydrogen) atoms. The second-order valence-corrected chi connectivity index (χ2v) is 5.52. The van der Waals surface area contributed by atoms with E-state index in [0.717, 1.165) is 6.42 Å². The van der Waals surface area contributed by atoms with Crippen molar-refractivity contribution in [3.63, 3.8) is 0 Å². The van der Waals surface area contributed by atoms with Crippen LogP contribution in [0.4, 0.5) is 0 Å². The van der Waals surface area contributed by atoms with Gasteiger partial charge in [-0.1, -0.05) is 12.1 Å². The van der Waals surface area contributed by atoms with Crippen LogP contribution in [0.5, 0.6) is 5.75 Å². The molecule has 1 amide bonds. The van der Waals surface area contributed by atoms with Crippen molar-refractivity contribution in [2.24, 2.45) is 5.73 Å². The predicted octanol–water partition coefficient (Wildman–Crippen LogP) is 1.20. The van der Waals surface area contributed by atoms with Crippen LogP contribution in [0.25, 0.3) is 0 Å². The second kappa shape index (κ2) is 7.43. The summed E-state index contributed by atoms with van der Waals surface area (Å²) < 4.78 is 11.0. The van der Waals surface area contributed by atoms with E-state index >= 15 is 0 Å². The monoisotopic (exact) mass is 292 g/mol. The molecular formula is C16H24N2O3. The molecule has 1 aromatic carbocycles. The third-order valence-corrected chi connectivity index (χ3v) is 3.46. The SMILES string of the molecule is CC(N)Cc1ccc(OC(C)C(=O)N2CCOCC2)cc1. The normalized spacial score (nSPS) is 18.1. The fourth-order valence-electron chi connectivity index (χ4n) is 2.37. The lowest BCUT2D eigenvalue weighted by molar-refractivity contribution is -0.142. The summed E-state index contributed by atoms with van der Waals surface area (Å²) in [6, 6.07) is 7.90. The van der Waals surface area contributed by atoms with Crippen molar-refractivity contribution in [3.8, 4) is 5.75 Å². The Hall–Kier alpha value is -1.59. The summed E-state index contributed by atoms with van der Waals surface area (Å²) in [5.74, 6) is 0.718. The van der Waals surface area contributed by atoms with Gasteiger partial charge in [0.05, 0.1) is 13.2 Å². The van der Waals surface area contributed by atoms with E-state index in [1.807, 2.05) is 31.2 Å². The molecule has 5 nitrogen and oxygen atoms in total. The molecule has 2 atom stereocenters. The Labute approximate surface area is 126 Å². The van der Waals surface area contributed by atoms with Gasteiger partial charge in [0.2, 0.25) is 0 Å². The average Bonchev–Trinajstić information content (AvgIpc) is 2.49. The number of hydrogen-bond acceptors (Lipinski definition) is 4. The van der Waals surface area contributed by atoms with Crippen LogP contribution in [-0.4, -0.2) is 49.3 Å². The molecule has 1 aliphatic heterocycles. The van der Waals surface area contributed by atoms with Gasteiger partial charge >= 0.3 is 0 Å². The third kappa shape index (κ3) is 4.72. The molecule has 1 aliphatic rings. The highest BCUT2D eigenvalue weighted by Gasteiger charge is 2.23. The van der Waals surface area contributed by atoms with Gasteiger partial charge in [-0.15, -0.1) is 0 Å². The van der Waals surface area contributed by atoms with Gasteiger partial charge in [-0.25, -0.2) is 0 Å². The molecule has 0 spiro atoms. The number of ether oxygens (including phenoxy) is 2. The summed E-state index contributed by atoms with van der Waals surface area (Å²) in [5.41, 5.74) is 6.94. The fourth-order valence-corrected chi connectivity index (χ4v) is 2.37. The number of carbonyl (C=O) groups is 1. The maximum Gasteiger partial charge on any atom is 0.263 e. The van der Waals surface area contributed by atoms with Gasteiger partial charge in [0.25, 0.3) is 5.91 Å². The highest BCUT2D eigenvalue weighted by atomic mass is 16.5. The summed E-state index contributed by atoms with van der Waals surface area (Å²) in [6.07, 6.45) is 0.352. The maximum absolute atomic E-state index is 12.2. The van der Waals surface area contributed by atoms with Crippen LogP contribution in [0.2, 0.25) is 0 Å². The number of morpholine rings is 1. The van der Waals surface area contributed by atoms with Crippen LogP contribution in [0.1, 0.15) is 19.4 Å². The molecule has 2 N–H and O–H groups in total. The Morgan fingerprint density at radius 1 is 1.29 bits per heavy atom. The quantitative estimate of drug-likeness (QED) is 0.886. The fraction of sp³-hybridized carbons (Fsp3) is 0.562. The summed E-state index contributed by atoms with van der Waals surface area (Å²) in [7, 11) is 0.